The van der Waals surface area contributed by atoms with Crippen LogP contribution in [0, 0.1) is 12.8 Å². The summed E-state index contributed by atoms with van der Waals surface area (Å²) >= 11 is 0. The molecule has 2 N–H and O–H groups in total. The molecule has 0 aromatic carbocycles. The molecule has 0 saturated heterocycles. The second-order valence-corrected chi connectivity index (χ2v) is 4.15. The van der Waals surface area contributed by atoms with Crippen molar-refractivity contribution in [3.63, 3.8) is 0 Å². The number of hydrogen-bond acceptors (Lipinski definition) is 4. The molecule has 1 rings (SSSR count). The van der Waals surface area contributed by atoms with Crippen LogP contribution >= 0.6 is 0 Å². The summed E-state index contributed by atoms with van der Waals surface area (Å²) in [5.74, 6) is 0.282. The standard InChI is InChI=1S/C12H18N2O2/c1-7(2)11(16-4)10(15)9-8(3)5-6-14-12(9)13/h5-7,11H,1-4H3,(H2,13,14). The number of aryl methyl sites for hydroxylation is 1. The van der Waals surface area contributed by atoms with Gasteiger partial charge >= 0.3 is 0 Å². The number of ketones is 1. The van der Waals surface area contributed by atoms with Gasteiger partial charge in [0.15, 0.2) is 5.78 Å². The van der Waals surface area contributed by atoms with E-state index in [0.717, 1.165) is 5.56 Å². The molecule has 0 saturated carbocycles. The minimum Gasteiger partial charge on any atom is -0.383 e. The van der Waals surface area contributed by atoms with E-state index in [4.69, 9.17) is 10.5 Å². The van der Waals surface area contributed by atoms with Crippen LogP contribution in [0.25, 0.3) is 0 Å². The van der Waals surface area contributed by atoms with Crippen LogP contribution in [0.5, 0.6) is 0 Å². The van der Waals surface area contributed by atoms with Crippen LogP contribution in [0.1, 0.15) is 29.8 Å². The number of carbonyl (C=O) groups excluding carboxylic acids is 1. The Morgan fingerprint density at radius 1 is 1.50 bits per heavy atom. The van der Waals surface area contributed by atoms with Crippen molar-refractivity contribution in [3.8, 4) is 0 Å². The first kappa shape index (κ1) is 12.6. The van der Waals surface area contributed by atoms with Gasteiger partial charge in [-0.25, -0.2) is 4.98 Å². The van der Waals surface area contributed by atoms with Crippen LogP contribution in [-0.4, -0.2) is 24.0 Å². The third-order valence-electron chi connectivity index (χ3n) is 2.55. The lowest BCUT2D eigenvalue weighted by molar-refractivity contribution is 0.0458. The smallest absolute Gasteiger partial charge is 0.195 e. The van der Waals surface area contributed by atoms with Gasteiger partial charge in [0.05, 0.1) is 5.56 Å². The lowest BCUT2D eigenvalue weighted by Gasteiger charge is -2.19. The molecule has 1 unspecified atom stereocenters. The van der Waals surface area contributed by atoms with Gasteiger partial charge in [0.2, 0.25) is 0 Å². The highest BCUT2D eigenvalue weighted by Crippen LogP contribution is 2.20. The second-order valence-electron chi connectivity index (χ2n) is 4.15. The van der Waals surface area contributed by atoms with E-state index in [1.165, 1.54) is 7.11 Å². The SMILES string of the molecule is COC(C(=O)c1c(C)ccnc1N)C(C)C. The van der Waals surface area contributed by atoms with Gasteiger partial charge in [-0.15, -0.1) is 0 Å². The molecule has 0 radical (unpaired) electrons. The van der Waals surface area contributed by atoms with Gasteiger partial charge in [0.25, 0.3) is 0 Å². The van der Waals surface area contributed by atoms with Crippen LogP contribution < -0.4 is 5.73 Å². The van der Waals surface area contributed by atoms with E-state index >= 15 is 0 Å². The molecule has 4 heteroatoms. The Balaban J connectivity index is 3.13. The molecule has 0 fully saturated rings. The van der Waals surface area contributed by atoms with Crippen LogP contribution in [0.2, 0.25) is 0 Å². The number of Topliss-reactive ketones (excluding diaryl/α,β-unsaturated/α-hetero) is 1. The Kier molecular flexibility index (Phi) is 4.01. The molecule has 1 aromatic rings. The fraction of sp³-hybridized carbons (Fsp3) is 0.500. The topological polar surface area (TPSA) is 65.2 Å². The van der Waals surface area contributed by atoms with Crippen LogP contribution in [-0.2, 0) is 4.74 Å². The van der Waals surface area contributed by atoms with Crippen molar-refractivity contribution in [2.24, 2.45) is 5.92 Å². The van der Waals surface area contributed by atoms with E-state index in [0.29, 0.717) is 5.56 Å². The monoisotopic (exact) mass is 222 g/mol. The van der Waals surface area contributed by atoms with Gasteiger partial charge in [-0.3, -0.25) is 4.79 Å². The van der Waals surface area contributed by atoms with Crippen molar-refractivity contribution >= 4 is 11.6 Å². The fourth-order valence-electron chi connectivity index (χ4n) is 1.72. The molecule has 88 valence electrons. The molecule has 4 nitrogen and oxygen atoms in total. The van der Waals surface area contributed by atoms with Crippen molar-refractivity contribution in [3.05, 3.63) is 23.4 Å². The zero-order chi connectivity index (χ0) is 12.3. The van der Waals surface area contributed by atoms with E-state index < -0.39 is 6.10 Å². The van der Waals surface area contributed by atoms with Crippen molar-refractivity contribution in [1.29, 1.82) is 0 Å². The van der Waals surface area contributed by atoms with Gasteiger partial charge < -0.3 is 10.5 Å². The molecule has 0 aliphatic rings. The van der Waals surface area contributed by atoms with Gasteiger partial charge in [-0.05, 0) is 24.5 Å². The first-order valence-electron chi connectivity index (χ1n) is 5.27. The molecule has 1 aromatic heterocycles. The van der Waals surface area contributed by atoms with Crippen molar-refractivity contribution < 1.29 is 9.53 Å². The predicted molar refractivity (Wildman–Crippen MR) is 63.4 cm³/mol. The third-order valence-corrected chi connectivity index (χ3v) is 2.55. The summed E-state index contributed by atoms with van der Waals surface area (Å²) in [6.45, 7) is 5.72. The molecule has 16 heavy (non-hydrogen) atoms. The summed E-state index contributed by atoms with van der Waals surface area (Å²) in [6, 6.07) is 1.77. The Morgan fingerprint density at radius 2 is 2.12 bits per heavy atom. The summed E-state index contributed by atoms with van der Waals surface area (Å²) in [4.78, 5) is 16.2. The molecule has 0 spiro atoms. The van der Waals surface area contributed by atoms with Crippen LogP contribution in [0.4, 0.5) is 5.82 Å². The zero-order valence-electron chi connectivity index (χ0n) is 10.2. The van der Waals surface area contributed by atoms with Gasteiger partial charge in [-0.2, -0.15) is 0 Å². The van der Waals surface area contributed by atoms with E-state index in [1.54, 1.807) is 12.3 Å². The second kappa shape index (κ2) is 5.07. The average molecular weight is 222 g/mol. The minimum absolute atomic E-state index is 0.0967. The third kappa shape index (κ3) is 2.39. The zero-order valence-corrected chi connectivity index (χ0v) is 10.2. The number of nitrogens with zero attached hydrogens (tertiary/aromatic N) is 1. The largest absolute Gasteiger partial charge is 0.383 e. The first-order valence-corrected chi connectivity index (χ1v) is 5.27. The molecule has 0 bridgehead atoms. The molecule has 0 amide bonds. The number of methoxy groups -OCH3 is 1. The minimum atomic E-state index is -0.467. The molecular weight excluding hydrogens is 204 g/mol. The average Bonchev–Trinajstić information content (AvgIpc) is 2.17. The van der Waals surface area contributed by atoms with Gasteiger partial charge in [0.1, 0.15) is 11.9 Å². The quantitative estimate of drug-likeness (QED) is 0.789. The summed E-state index contributed by atoms with van der Waals surface area (Å²) < 4.78 is 5.21. The van der Waals surface area contributed by atoms with Gasteiger partial charge in [-0.1, -0.05) is 13.8 Å². The maximum absolute atomic E-state index is 12.2. The summed E-state index contributed by atoms with van der Waals surface area (Å²) in [5, 5.41) is 0. The first-order chi connectivity index (χ1) is 7.49. The summed E-state index contributed by atoms with van der Waals surface area (Å²) in [5.41, 5.74) is 7.04. The fourth-order valence-corrected chi connectivity index (χ4v) is 1.72. The van der Waals surface area contributed by atoms with Crippen molar-refractivity contribution in [2.75, 3.05) is 12.8 Å². The number of hydrogen-bond donors (Lipinski definition) is 1. The number of anilines is 1. The summed E-state index contributed by atoms with van der Waals surface area (Å²) in [6.07, 6.45) is 1.13. The molecule has 0 aliphatic heterocycles. The number of nitrogens with two attached hydrogens (primary N) is 1. The number of aromatic nitrogens is 1. The predicted octanol–water partition coefficient (Wildman–Crippen LogP) is 1.83. The number of pyridine rings is 1. The van der Waals surface area contributed by atoms with E-state index in [9.17, 15) is 4.79 Å². The number of ether oxygens (including phenoxy) is 1. The van der Waals surface area contributed by atoms with E-state index in [2.05, 4.69) is 4.98 Å². The normalized spacial score (nSPS) is 12.8. The maximum Gasteiger partial charge on any atom is 0.195 e. The maximum atomic E-state index is 12.2. The highest BCUT2D eigenvalue weighted by Gasteiger charge is 2.26. The number of carbonyl (C=O) groups is 1. The number of nitrogen functional groups attached to an aromatic ring is 1. The molecule has 0 aliphatic carbocycles. The van der Waals surface area contributed by atoms with E-state index in [-0.39, 0.29) is 17.5 Å². The van der Waals surface area contributed by atoms with Gasteiger partial charge in [0, 0.05) is 13.3 Å². The lowest BCUT2D eigenvalue weighted by Crippen LogP contribution is -2.30. The molecule has 1 atom stereocenters. The Bertz CT molecular complexity index is 368. The lowest BCUT2D eigenvalue weighted by atomic mass is 9.95. The molecule has 1 heterocycles. The van der Waals surface area contributed by atoms with Crippen molar-refractivity contribution in [2.45, 2.75) is 26.9 Å². The molecular formula is C12H18N2O2. The Hall–Kier alpha value is -1.42. The Morgan fingerprint density at radius 3 is 2.56 bits per heavy atom. The highest BCUT2D eigenvalue weighted by atomic mass is 16.5. The number of rotatable bonds is 4. The summed E-state index contributed by atoms with van der Waals surface area (Å²) in [7, 11) is 1.53. The van der Waals surface area contributed by atoms with E-state index in [1.807, 2.05) is 20.8 Å². The van der Waals surface area contributed by atoms with Crippen molar-refractivity contribution in [1.82, 2.24) is 4.98 Å². The van der Waals surface area contributed by atoms with Crippen LogP contribution in [0.3, 0.4) is 0 Å². The Labute approximate surface area is 95.8 Å². The highest BCUT2D eigenvalue weighted by molar-refractivity contribution is 6.04. The van der Waals surface area contributed by atoms with Crippen LogP contribution in [0.15, 0.2) is 12.3 Å².